The molecular formula is C23H32N4O2. The van der Waals surface area contributed by atoms with Crippen LogP contribution in [0.25, 0.3) is 0 Å². The zero-order valence-electron chi connectivity index (χ0n) is 18.5. The van der Waals surface area contributed by atoms with E-state index in [9.17, 15) is 9.59 Å². The van der Waals surface area contributed by atoms with Crippen molar-refractivity contribution in [2.75, 3.05) is 7.05 Å². The molecule has 0 aromatic carbocycles. The van der Waals surface area contributed by atoms with Crippen LogP contribution in [0, 0.1) is 12.3 Å². The molecule has 1 aliphatic rings. The lowest BCUT2D eigenvalue weighted by Gasteiger charge is -2.30. The normalized spacial score (nSPS) is 16.4. The van der Waals surface area contributed by atoms with E-state index in [0.29, 0.717) is 6.42 Å². The minimum atomic E-state index is -0.158. The third kappa shape index (κ3) is 4.11. The van der Waals surface area contributed by atoms with Gasteiger partial charge in [-0.2, -0.15) is 0 Å². The van der Waals surface area contributed by atoms with Gasteiger partial charge in [-0.25, -0.2) is 9.97 Å². The van der Waals surface area contributed by atoms with E-state index < -0.39 is 0 Å². The quantitative estimate of drug-likeness (QED) is 0.742. The largest absolute Gasteiger partial charge is 0.348 e. The Bertz CT molecular complexity index is 915. The fourth-order valence-electron chi connectivity index (χ4n) is 4.39. The Kier molecular flexibility index (Phi) is 5.92. The van der Waals surface area contributed by atoms with Crippen LogP contribution in [0.15, 0.2) is 18.6 Å². The van der Waals surface area contributed by atoms with Crippen molar-refractivity contribution in [2.24, 2.45) is 5.41 Å². The minimum Gasteiger partial charge on any atom is -0.348 e. The minimum absolute atomic E-state index is 0.00621. The zero-order valence-corrected chi connectivity index (χ0v) is 18.5. The van der Waals surface area contributed by atoms with E-state index in [1.54, 1.807) is 18.1 Å². The van der Waals surface area contributed by atoms with Gasteiger partial charge < -0.3 is 9.47 Å². The Labute approximate surface area is 173 Å². The molecule has 6 heteroatoms. The van der Waals surface area contributed by atoms with E-state index in [1.165, 1.54) is 6.33 Å². The number of ketones is 1. The highest BCUT2D eigenvalue weighted by Gasteiger charge is 2.37. The van der Waals surface area contributed by atoms with E-state index in [-0.39, 0.29) is 29.6 Å². The molecule has 29 heavy (non-hydrogen) atoms. The van der Waals surface area contributed by atoms with Crippen LogP contribution in [-0.4, -0.2) is 38.2 Å². The summed E-state index contributed by atoms with van der Waals surface area (Å²) in [6.07, 6.45) is 5.82. The predicted molar refractivity (Wildman–Crippen MR) is 113 cm³/mol. The van der Waals surface area contributed by atoms with Gasteiger partial charge in [0.25, 0.3) is 0 Å². The monoisotopic (exact) mass is 396 g/mol. The lowest BCUT2D eigenvalue weighted by Crippen LogP contribution is -2.32. The SMILES string of the molecule is CCCn1c(C)c(CC(=O)N(C)[C@@H](C)c2ccncn2)c2c1CC(C)(C)CC2=O. The highest BCUT2D eigenvalue weighted by Crippen LogP contribution is 2.39. The molecule has 0 spiro atoms. The van der Waals surface area contributed by atoms with Crippen LogP contribution in [0.2, 0.25) is 0 Å². The second kappa shape index (κ2) is 8.09. The third-order valence-corrected chi connectivity index (χ3v) is 6.10. The molecule has 0 saturated carbocycles. The number of hydrogen-bond donors (Lipinski definition) is 0. The van der Waals surface area contributed by atoms with Crippen LogP contribution in [0.1, 0.15) is 79.6 Å². The first-order valence-corrected chi connectivity index (χ1v) is 10.4. The summed E-state index contributed by atoms with van der Waals surface area (Å²) in [6.45, 7) is 11.3. The van der Waals surface area contributed by atoms with Gasteiger partial charge in [0.2, 0.25) is 5.91 Å². The number of Topliss-reactive ketones (excluding diaryl/α,β-unsaturated/α-hetero) is 1. The fraction of sp³-hybridized carbons (Fsp3) is 0.565. The van der Waals surface area contributed by atoms with Gasteiger partial charge in [-0.1, -0.05) is 20.8 Å². The van der Waals surface area contributed by atoms with Gasteiger partial charge in [-0.3, -0.25) is 9.59 Å². The molecule has 2 heterocycles. The standard InChI is InChI=1S/C23H32N4O2/c1-7-10-27-15(2)17(22-19(27)12-23(4,5)13-20(22)28)11-21(29)26(6)16(3)18-8-9-24-14-25-18/h8-9,14,16H,7,10-13H2,1-6H3/t16-/m0/s1. The molecule has 1 aliphatic carbocycles. The van der Waals surface area contributed by atoms with E-state index in [4.69, 9.17) is 0 Å². The predicted octanol–water partition coefficient (Wildman–Crippen LogP) is 3.91. The summed E-state index contributed by atoms with van der Waals surface area (Å²) < 4.78 is 2.27. The second-order valence-corrected chi connectivity index (χ2v) is 8.97. The lowest BCUT2D eigenvalue weighted by molar-refractivity contribution is -0.131. The van der Waals surface area contributed by atoms with Crippen molar-refractivity contribution in [3.05, 3.63) is 46.8 Å². The molecule has 0 saturated heterocycles. The Morgan fingerprint density at radius 3 is 2.69 bits per heavy atom. The molecule has 0 bridgehead atoms. The molecule has 0 N–H and O–H groups in total. The van der Waals surface area contributed by atoms with Gasteiger partial charge in [0, 0.05) is 43.2 Å². The summed E-state index contributed by atoms with van der Waals surface area (Å²) in [4.78, 5) is 36.1. The van der Waals surface area contributed by atoms with Crippen LogP contribution in [0.3, 0.4) is 0 Å². The van der Waals surface area contributed by atoms with Crippen molar-refractivity contribution >= 4 is 11.7 Å². The molecule has 6 nitrogen and oxygen atoms in total. The average molecular weight is 397 g/mol. The number of fused-ring (bicyclic) bond motifs is 1. The highest BCUT2D eigenvalue weighted by molar-refractivity contribution is 6.01. The summed E-state index contributed by atoms with van der Waals surface area (Å²) in [6, 6.07) is 1.67. The topological polar surface area (TPSA) is 68.1 Å². The van der Waals surface area contributed by atoms with Crippen LogP contribution in [0.5, 0.6) is 0 Å². The molecule has 1 atom stereocenters. The molecular weight excluding hydrogens is 364 g/mol. The molecule has 2 aromatic rings. The maximum absolute atomic E-state index is 13.1. The number of aromatic nitrogens is 3. The number of rotatable bonds is 6. The Morgan fingerprint density at radius 2 is 2.07 bits per heavy atom. The maximum atomic E-state index is 13.1. The van der Waals surface area contributed by atoms with E-state index in [1.807, 2.05) is 19.9 Å². The van der Waals surface area contributed by atoms with Gasteiger partial charge in [0.05, 0.1) is 18.2 Å². The molecule has 3 rings (SSSR count). The maximum Gasteiger partial charge on any atom is 0.227 e. The van der Waals surface area contributed by atoms with Crippen molar-refractivity contribution in [1.82, 2.24) is 19.4 Å². The van der Waals surface area contributed by atoms with Gasteiger partial charge in [0.15, 0.2) is 5.78 Å². The van der Waals surface area contributed by atoms with Gasteiger partial charge in [-0.15, -0.1) is 0 Å². The molecule has 2 aromatic heterocycles. The number of hydrogen-bond acceptors (Lipinski definition) is 4. The number of likely N-dealkylation sites (N-methyl/N-ethyl adjacent to an activating group) is 1. The average Bonchev–Trinajstić information content (AvgIpc) is 2.92. The number of nitrogens with zero attached hydrogens (tertiary/aromatic N) is 4. The smallest absolute Gasteiger partial charge is 0.227 e. The summed E-state index contributed by atoms with van der Waals surface area (Å²) in [5.74, 6) is 0.164. The highest BCUT2D eigenvalue weighted by atomic mass is 16.2. The van der Waals surface area contributed by atoms with Gasteiger partial charge in [0.1, 0.15) is 6.33 Å². The Morgan fingerprint density at radius 1 is 1.34 bits per heavy atom. The molecule has 0 radical (unpaired) electrons. The van der Waals surface area contributed by atoms with Crippen LogP contribution < -0.4 is 0 Å². The molecule has 1 amide bonds. The first-order chi connectivity index (χ1) is 13.7. The zero-order chi connectivity index (χ0) is 21.3. The molecule has 0 fully saturated rings. The fourth-order valence-corrected chi connectivity index (χ4v) is 4.39. The van der Waals surface area contributed by atoms with E-state index in [0.717, 1.165) is 47.6 Å². The van der Waals surface area contributed by atoms with Crippen molar-refractivity contribution in [1.29, 1.82) is 0 Å². The van der Waals surface area contributed by atoms with Crippen molar-refractivity contribution < 1.29 is 9.59 Å². The van der Waals surface area contributed by atoms with Crippen molar-refractivity contribution in [3.8, 4) is 0 Å². The van der Waals surface area contributed by atoms with Gasteiger partial charge in [-0.05, 0) is 43.7 Å². The molecule has 0 unspecified atom stereocenters. The van der Waals surface area contributed by atoms with E-state index in [2.05, 4.69) is 35.3 Å². The Hall–Kier alpha value is -2.50. The van der Waals surface area contributed by atoms with Gasteiger partial charge >= 0.3 is 0 Å². The molecule has 156 valence electrons. The van der Waals surface area contributed by atoms with Crippen molar-refractivity contribution in [3.63, 3.8) is 0 Å². The molecule has 0 aliphatic heterocycles. The second-order valence-electron chi connectivity index (χ2n) is 8.97. The first-order valence-electron chi connectivity index (χ1n) is 10.4. The van der Waals surface area contributed by atoms with E-state index >= 15 is 0 Å². The third-order valence-electron chi connectivity index (χ3n) is 6.10. The summed E-state index contributed by atoms with van der Waals surface area (Å²) >= 11 is 0. The van der Waals surface area contributed by atoms with Crippen LogP contribution in [-0.2, 0) is 24.2 Å². The Balaban J connectivity index is 1.93. The van der Waals surface area contributed by atoms with Crippen LogP contribution >= 0.6 is 0 Å². The summed E-state index contributed by atoms with van der Waals surface area (Å²) in [5.41, 5.74) is 4.63. The summed E-state index contributed by atoms with van der Waals surface area (Å²) in [5, 5.41) is 0. The number of carbonyl (C=O) groups is 2. The van der Waals surface area contributed by atoms with Crippen LogP contribution in [0.4, 0.5) is 0 Å². The number of carbonyl (C=O) groups excluding carboxylic acids is 2. The number of amides is 1. The first kappa shape index (κ1) is 21.2. The van der Waals surface area contributed by atoms with Crippen molar-refractivity contribution in [2.45, 2.75) is 72.9 Å². The summed E-state index contributed by atoms with van der Waals surface area (Å²) in [7, 11) is 1.80. The lowest BCUT2D eigenvalue weighted by atomic mass is 9.75.